The highest BCUT2D eigenvalue weighted by molar-refractivity contribution is 5.85. The van der Waals surface area contributed by atoms with E-state index in [0.717, 1.165) is 25.2 Å². The molecule has 0 aliphatic carbocycles. The summed E-state index contributed by atoms with van der Waals surface area (Å²) in [6.45, 7) is 7.11. The molecular formula is C13H20N2O2. The molecule has 1 aromatic rings. The maximum Gasteiger partial charge on any atom is 0.354 e. The molecule has 0 saturated heterocycles. The monoisotopic (exact) mass is 236 g/mol. The first-order valence-electron chi connectivity index (χ1n) is 6.08. The Balaban J connectivity index is 2.65. The van der Waals surface area contributed by atoms with Crippen LogP contribution in [0.15, 0.2) is 18.3 Å². The Hall–Kier alpha value is -1.42. The third kappa shape index (κ3) is 4.53. The van der Waals surface area contributed by atoms with Crippen LogP contribution in [0.3, 0.4) is 0 Å². The number of unbranched alkanes of at least 4 members (excludes halogenated alkanes) is 1. The predicted molar refractivity (Wildman–Crippen MR) is 67.1 cm³/mol. The summed E-state index contributed by atoms with van der Waals surface area (Å²) in [5.74, 6) is -0.969. The van der Waals surface area contributed by atoms with Crippen LogP contribution in [0.2, 0.25) is 0 Å². The van der Waals surface area contributed by atoms with Gasteiger partial charge in [0.25, 0.3) is 0 Å². The predicted octanol–water partition coefficient (Wildman–Crippen LogP) is 2.40. The van der Waals surface area contributed by atoms with Gasteiger partial charge in [-0.2, -0.15) is 0 Å². The zero-order chi connectivity index (χ0) is 12.7. The quantitative estimate of drug-likeness (QED) is 0.789. The molecule has 4 nitrogen and oxygen atoms in total. The highest BCUT2D eigenvalue weighted by Crippen LogP contribution is 2.07. The summed E-state index contributed by atoms with van der Waals surface area (Å²) in [6.07, 6.45) is 3.91. The van der Waals surface area contributed by atoms with Gasteiger partial charge in [-0.15, -0.1) is 0 Å². The maximum absolute atomic E-state index is 10.8. The molecule has 1 rings (SSSR count). The van der Waals surface area contributed by atoms with Crippen molar-refractivity contribution in [1.29, 1.82) is 0 Å². The molecule has 0 radical (unpaired) electrons. The van der Waals surface area contributed by atoms with Gasteiger partial charge in [-0.25, -0.2) is 9.78 Å². The second-order valence-electron chi connectivity index (χ2n) is 4.08. The molecule has 94 valence electrons. The smallest absolute Gasteiger partial charge is 0.354 e. The molecule has 1 heterocycles. The average Bonchev–Trinajstić information content (AvgIpc) is 2.34. The lowest BCUT2D eigenvalue weighted by molar-refractivity contribution is 0.0690. The van der Waals surface area contributed by atoms with Gasteiger partial charge in [0.2, 0.25) is 0 Å². The maximum atomic E-state index is 10.8. The summed E-state index contributed by atoms with van der Waals surface area (Å²) in [7, 11) is 0. The fraction of sp³-hybridized carbons (Fsp3) is 0.538. The molecule has 0 amide bonds. The van der Waals surface area contributed by atoms with Crippen molar-refractivity contribution in [3.8, 4) is 0 Å². The molecule has 0 unspecified atom stereocenters. The number of carboxylic acids is 1. The first kappa shape index (κ1) is 13.6. The molecular weight excluding hydrogens is 216 g/mol. The van der Waals surface area contributed by atoms with Crippen LogP contribution in [0.4, 0.5) is 0 Å². The molecule has 4 heteroatoms. The van der Waals surface area contributed by atoms with Crippen molar-refractivity contribution in [2.75, 3.05) is 13.1 Å². The molecule has 0 saturated carbocycles. The number of aromatic carboxylic acids is 1. The number of nitrogens with zero attached hydrogens (tertiary/aromatic N) is 2. The van der Waals surface area contributed by atoms with E-state index in [2.05, 4.69) is 23.7 Å². The molecule has 0 spiro atoms. The van der Waals surface area contributed by atoms with Crippen LogP contribution >= 0.6 is 0 Å². The molecule has 17 heavy (non-hydrogen) atoms. The molecule has 1 aromatic heterocycles. The Kier molecular flexibility index (Phi) is 5.63. The van der Waals surface area contributed by atoms with Crippen LogP contribution in [-0.4, -0.2) is 34.0 Å². The highest BCUT2D eigenvalue weighted by Gasteiger charge is 2.07. The van der Waals surface area contributed by atoms with Crippen LogP contribution in [-0.2, 0) is 6.54 Å². The van der Waals surface area contributed by atoms with E-state index in [1.165, 1.54) is 12.8 Å². The molecule has 0 aliphatic heterocycles. The Morgan fingerprint density at radius 1 is 1.47 bits per heavy atom. The minimum Gasteiger partial charge on any atom is -0.477 e. The van der Waals surface area contributed by atoms with E-state index in [9.17, 15) is 4.79 Å². The third-order valence-electron chi connectivity index (χ3n) is 2.72. The van der Waals surface area contributed by atoms with E-state index in [1.54, 1.807) is 12.3 Å². The molecule has 0 aliphatic rings. The highest BCUT2D eigenvalue weighted by atomic mass is 16.4. The van der Waals surface area contributed by atoms with Crippen molar-refractivity contribution < 1.29 is 9.90 Å². The van der Waals surface area contributed by atoms with Crippen molar-refractivity contribution in [1.82, 2.24) is 9.88 Å². The van der Waals surface area contributed by atoms with Gasteiger partial charge in [-0.3, -0.25) is 4.90 Å². The first-order chi connectivity index (χ1) is 8.17. The SMILES string of the molecule is CCCCN(CC)Cc1ccnc(C(=O)O)c1. The van der Waals surface area contributed by atoms with Gasteiger partial charge in [0, 0.05) is 12.7 Å². The van der Waals surface area contributed by atoms with Gasteiger partial charge in [0.05, 0.1) is 0 Å². The van der Waals surface area contributed by atoms with Crippen molar-refractivity contribution in [2.45, 2.75) is 33.2 Å². The van der Waals surface area contributed by atoms with Gasteiger partial charge < -0.3 is 5.11 Å². The van der Waals surface area contributed by atoms with Crippen LogP contribution < -0.4 is 0 Å². The number of carbonyl (C=O) groups is 1. The summed E-state index contributed by atoms with van der Waals surface area (Å²) >= 11 is 0. The van der Waals surface area contributed by atoms with Gasteiger partial charge in [0.15, 0.2) is 0 Å². The van der Waals surface area contributed by atoms with Crippen molar-refractivity contribution in [3.63, 3.8) is 0 Å². The Morgan fingerprint density at radius 2 is 2.24 bits per heavy atom. The van der Waals surface area contributed by atoms with E-state index < -0.39 is 5.97 Å². The fourth-order valence-electron chi connectivity index (χ4n) is 1.68. The topological polar surface area (TPSA) is 53.4 Å². The van der Waals surface area contributed by atoms with Gasteiger partial charge in [-0.05, 0) is 37.2 Å². The molecule has 0 atom stereocenters. The average molecular weight is 236 g/mol. The molecule has 1 N–H and O–H groups in total. The largest absolute Gasteiger partial charge is 0.477 e. The van der Waals surface area contributed by atoms with Crippen LogP contribution in [0, 0.1) is 0 Å². The molecule has 0 aromatic carbocycles. The van der Waals surface area contributed by atoms with Crippen molar-refractivity contribution >= 4 is 5.97 Å². The van der Waals surface area contributed by atoms with E-state index in [0.29, 0.717) is 0 Å². The Bertz CT molecular complexity index is 366. The number of pyridine rings is 1. The van der Waals surface area contributed by atoms with Crippen molar-refractivity contribution in [2.24, 2.45) is 0 Å². The number of aromatic nitrogens is 1. The second-order valence-corrected chi connectivity index (χ2v) is 4.08. The molecule has 0 fully saturated rings. The van der Waals surface area contributed by atoms with Crippen LogP contribution in [0.5, 0.6) is 0 Å². The summed E-state index contributed by atoms with van der Waals surface area (Å²) in [4.78, 5) is 16.9. The van der Waals surface area contributed by atoms with E-state index in [-0.39, 0.29) is 5.69 Å². The van der Waals surface area contributed by atoms with Gasteiger partial charge in [0.1, 0.15) is 5.69 Å². The van der Waals surface area contributed by atoms with Gasteiger partial charge in [-0.1, -0.05) is 20.3 Å². The van der Waals surface area contributed by atoms with Crippen LogP contribution in [0.25, 0.3) is 0 Å². The van der Waals surface area contributed by atoms with Crippen molar-refractivity contribution in [3.05, 3.63) is 29.6 Å². The minimum atomic E-state index is -0.969. The summed E-state index contributed by atoms with van der Waals surface area (Å²) < 4.78 is 0. The first-order valence-corrected chi connectivity index (χ1v) is 6.08. The normalized spacial score (nSPS) is 10.8. The summed E-state index contributed by atoms with van der Waals surface area (Å²) in [5, 5.41) is 8.87. The lowest BCUT2D eigenvalue weighted by Gasteiger charge is -2.20. The zero-order valence-corrected chi connectivity index (χ0v) is 10.5. The third-order valence-corrected chi connectivity index (χ3v) is 2.72. The number of rotatable bonds is 7. The second kappa shape index (κ2) is 7.01. The lowest BCUT2D eigenvalue weighted by Crippen LogP contribution is -2.24. The Labute approximate surface area is 102 Å². The number of hydrogen-bond donors (Lipinski definition) is 1. The van der Waals surface area contributed by atoms with E-state index in [1.807, 2.05) is 6.07 Å². The standard InChI is InChI=1S/C13H20N2O2/c1-3-5-8-15(4-2)10-11-6-7-14-12(9-11)13(16)17/h6-7,9H,3-5,8,10H2,1-2H3,(H,16,17). The molecule has 0 bridgehead atoms. The lowest BCUT2D eigenvalue weighted by atomic mass is 10.2. The Morgan fingerprint density at radius 3 is 2.82 bits per heavy atom. The zero-order valence-electron chi connectivity index (χ0n) is 10.5. The number of hydrogen-bond acceptors (Lipinski definition) is 3. The van der Waals surface area contributed by atoms with E-state index in [4.69, 9.17) is 5.11 Å². The minimum absolute atomic E-state index is 0.119. The summed E-state index contributed by atoms with van der Waals surface area (Å²) in [5.41, 5.74) is 1.13. The fourth-order valence-corrected chi connectivity index (χ4v) is 1.68. The van der Waals surface area contributed by atoms with Crippen LogP contribution in [0.1, 0.15) is 42.7 Å². The number of carboxylic acid groups (broad SMARTS) is 1. The van der Waals surface area contributed by atoms with E-state index >= 15 is 0 Å². The van der Waals surface area contributed by atoms with Gasteiger partial charge >= 0.3 is 5.97 Å². The summed E-state index contributed by atoms with van der Waals surface area (Å²) in [6, 6.07) is 3.53.